The highest BCUT2D eigenvalue weighted by atomic mass is 19.1. The standard InChI is InChI=1S/C31H29FO2/c1-4-6-17-34-28-15-14-25-18-23(9-13-26(25)19-28)10-16-29-30(32)20-27(21-31(29)33-3)24-11-7-22(5-2)8-12-24/h7-9,11-15,18-21H,4-6,17H2,1-3H3. The van der Waals surface area contributed by atoms with Crippen molar-refractivity contribution in [1.82, 2.24) is 0 Å². The molecule has 4 aromatic rings. The molecule has 34 heavy (non-hydrogen) atoms. The average Bonchev–Trinajstić information content (AvgIpc) is 2.87. The van der Waals surface area contributed by atoms with Crippen molar-refractivity contribution in [2.45, 2.75) is 33.1 Å². The summed E-state index contributed by atoms with van der Waals surface area (Å²) in [7, 11) is 1.54. The number of methoxy groups -OCH3 is 1. The molecule has 0 bridgehead atoms. The molecule has 3 heteroatoms. The summed E-state index contributed by atoms with van der Waals surface area (Å²) in [5.74, 6) is 6.99. The lowest BCUT2D eigenvalue weighted by Gasteiger charge is -2.09. The Bertz CT molecular complexity index is 1340. The number of ether oxygens (including phenoxy) is 2. The van der Waals surface area contributed by atoms with Crippen LogP contribution in [0.3, 0.4) is 0 Å². The van der Waals surface area contributed by atoms with E-state index in [9.17, 15) is 0 Å². The molecular formula is C31H29FO2. The van der Waals surface area contributed by atoms with E-state index in [2.05, 4.69) is 37.8 Å². The molecule has 0 aliphatic rings. The Hall–Kier alpha value is -3.77. The third-order valence-electron chi connectivity index (χ3n) is 5.88. The van der Waals surface area contributed by atoms with Crippen molar-refractivity contribution in [3.05, 3.63) is 95.3 Å². The lowest BCUT2D eigenvalue weighted by molar-refractivity contribution is 0.310. The monoisotopic (exact) mass is 452 g/mol. The molecule has 0 N–H and O–H groups in total. The van der Waals surface area contributed by atoms with Crippen LogP contribution in [0.15, 0.2) is 72.8 Å². The summed E-state index contributed by atoms with van der Waals surface area (Å²) >= 11 is 0. The summed E-state index contributed by atoms with van der Waals surface area (Å²) in [6, 6.07) is 23.5. The van der Waals surface area contributed by atoms with Crippen molar-refractivity contribution in [3.8, 4) is 34.5 Å². The normalized spacial score (nSPS) is 10.6. The fraction of sp³-hybridized carbons (Fsp3) is 0.226. The van der Waals surface area contributed by atoms with E-state index in [0.717, 1.165) is 59.1 Å². The van der Waals surface area contributed by atoms with E-state index in [1.807, 2.05) is 54.6 Å². The molecule has 4 rings (SSSR count). The van der Waals surface area contributed by atoms with Crippen molar-refractivity contribution >= 4 is 10.8 Å². The predicted molar refractivity (Wildman–Crippen MR) is 138 cm³/mol. The molecule has 0 unspecified atom stereocenters. The summed E-state index contributed by atoms with van der Waals surface area (Å²) in [5, 5.41) is 2.15. The van der Waals surface area contributed by atoms with Crippen molar-refractivity contribution in [2.75, 3.05) is 13.7 Å². The molecule has 0 atom stereocenters. The predicted octanol–water partition coefficient (Wildman–Crippen LogP) is 7.80. The number of hydrogen-bond acceptors (Lipinski definition) is 2. The van der Waals surface area contributed by atoms with Gasteiger partial charge in [0.1, 0.15) is 22.9 Å². The molecule has 0 aliphatic carbocycles. The van der Waals surface area contributed by atoms with E-state index in [-0.39, 0.29) is 5.56 Å². The first-order chi connectivity index (χ1) is 16.6. The number of rotatable bonds is 7. The van der Waals surface area contributed by atoms with Gasteiger partial charge in [-0.05, 0) is 76.7 Å². The minimum Gasteiger partial charge on any atom is -0.495 e. The van der Waals surface area contributed by atoms with Gasteiger partial charge in [0, 0.05) is 5.56 Å². The first kappa shape index (κ1) is 23.4. The third kappa shape index (κ3) is 5.41. The van der Waals surface area contributed by atoms with Gasteiger partial charge in [-0.1, -0.05) is 68.5 Å². The van der Waals surface area contributed by atoms with E-state index in [1.165, 1.54) is 11.6 Å². The van der Waals surface area contributed by atoms with Gasteiger partial charge in [-0.2, -0.15) is 0 Å². The molecule has 172 valence electrons. The molecule has 0 fully saturated rings. The van der Waals surface area contributed by atoms with Crippen molar-refractivity contribution in [2.24, 2.45) is 0 Å². The molecule has 4 aromatic carbocycles. The van der Waals surface area contributed by atoms with Crippen molar-refractivity contribution < 1.29 is 13.9 Å². The average molecular weight is 453 g/mol. The zero-order chi connectivity index (χ0) is 23.9. The summed E-state index contributed by atoms with van der Waals surface area (Å²) in [6.07, 6.45) is 3.11. The fourth-order valence-corrected chi connectivity index (χ4v) is 3.82. The molecular weight excluding hydrogens is 423 g/mol. The highest BCUT2D eigenvalue weighted by molar-refractivity contribution is 5.85. The first-order valence-electron chi connectivity index (χ1n) is 11.8. The molecule has 0 aromatic heterocycles. The maximum atomic E-state index is 15.1. The number of fused-ring (bicyclic) bond motifs is 1. The van der Waals surface area contributed by atoms with E-state index in [0.29, 0.717) is 5.75 Å². The zero-order valence-electron chi connectivity index (χ0n) is 20.0. The second-order valence-corrected chi connectivity index (χ2v) is 8.26. The number of hydrogen-bond donors (Lipinski definition) is 0. The molecule has 0 saturated carbocycles. The molecule has 0 amide bonds. The van der Waals surface area contributed by atoms with Gasteiger partial charge in [0.05, 0.1) is 13.7 Å². The summed E-state index contributed by atoms with van der Waals surface area (Å²) < 4.78 is 26.3. The van der Waals surface area contributed by atoms with Gasteiger partial charge in [0.25, 0.3) is 0 Å². The lowest BCUT2D eigenvalue weighted by atomic mass is 10.0. The Morgan fingerprint density at radius 2 is 1.56 bits per heavy atom. The summed E-state index contributed by atoms with van der Waals surface area (Å²) in [6.45, 7) is 4.98. The number of aryl methyl sites for hydroxylation is 1. The minimum absolute atomic E-state index is 0.260. The summed E-state index contributed by atoms with van der Waals surface area (Å²) in [5.41, 5.74) is 4.03. The van der Waals surface area contributed by atoms with Crippen LogP contribution in [0, 0.1) is 17.7 Å². The van der Waals surface area contributed by atoms with Gasteiger partial charge in [-0.25, -0.2) is 4.39 Å². The largest absolute Gasteiger partial charge is 0.495 e. The van der Waals surface area contributed by atoms with Crippen LogP contribution in [-0.2, 0) is 6.42 Å². The molecule has 0 radical (unpaired) electrons. The van der Waals surface area contributed by atoms with Crippen LogP contribution >= 0.6 is 0 Å². The zero-order valence-corrected chi connectivity index (χ0v) is 20.0. The van der Waals surface area contributed by atoms with Crippen LogP contribution in [0.4, 0.5) is 4.39 Å². The molecule has 2 nitrogen and oxygen atoms in total. The van der Waals surface area contributed by atoms with Gasteiger partial charge in [0.15, 0.2) is 0 Å². The summed E-state index contributed by atoms with van der Waals surface area (Å²) in [4.78, 5) is 0. The van der Waals surface area contributed by atoms with Gasteiger partial charge in [-0.3, -0.25) is 0 Å². The van der Waals surface area contributed by atoms with Gasteiger partial charge in [-0.15, -0.1) is 0 Å². The van der Waals surface area contributed by atoms with E-state index < -0.39 is 5.82 Å². The Morgan fingerprint density at radius 3 is 2.29 bits per heavy atom. The third-order valence-corrected chi connectivity index (χ3v) is 5.88. The Morgan fingerprint density at radius 1 is 0.794 bits per heavy atom. The Kier molecular flexibility index (Phi) is 7.50. The van der Waals surface area contributed by atoms with Gasteiger partial charge in [0.2, 0.25) is 0 Å². The molecule has 0 heterocycles. The molecule has 0 aliphatic heterocycles. The van der Waals surface area contributed by atoms with Crippen LogP contribution < -0.4 is 9.47 Å². The second kappa shape index (κ2) is 10.9. The smallest absolute Gasteiger partial charge is 0.143 e. The maximum Gasteiger partial charge on any atom is 0.143 e. The lowest BCUT2D eigenvalue weighted by Crippen LogP contribution is -1.96. The molecule has 0 spiro atoms. The Balaban J connectivity index is 1.60. The maximum absolute atomic E-state index is 15.1. The quantitative estimate of drug-likeness (QED) is 0.210. The highest BCUT2D eigenvalue weighted by Gasteiger charge is 2.11. The number of benzene rings is 4. The molecule has 0 saturated heterocycles. The van der Waals surface area contributed by atoms with Crippen molar-refractivity contribution in [3.63, 3.8) is 0 Å². The van der Waals surface area contributed by atoms with Crippen LogP contribution in [0.2, 0.25) is 0 Å². The van der Waals surface area contributed by atoms with Gasteiger partial charge < -0.3 is 9.47 Å². The van der Waals surface area contributed by atoms with E-state index in [1.54, 1.807) is 7.11 Å². The van der Waals surface area contributed by atoms with Gasteiger partial charge >= 0.3 is 0 Å². The number of unbranched alkanes of at least 4 members (excludes halogenated alkanes) is 1. The highest BCUT2D eigenvalue weighted by Crippen LogP contribution is 2.30. The van der Waals surface area contributed by atoms with Crippen LogP contribution in [0.1, 0.15) is 43.4 Å². The first-order valence-corrected chi connectivity index (χ1v) is 11.8. The SMILES string of the molecule is CCCCOc1ccc2cc(C#Cc3c(F)cc(-c4ccc(CC)cc4)cc3OC)ccc2c1. The van der Waals surface area contributed by atoms with E-state index >= 15 is 4.39 Å². The minimum atomic E-state index is -0.393. The van der Waals surface area contributed by atoms with E-state index in [4.69, 9.17) is 9.47 Å². The van der Waals surface area contributed by atoms with Crippen LogP contribution in [-0.4, -0.2) is 13.7 Å². The van der Waals surface area contributed by atoms with Crippen molar-refractivity contribution in [1.29, 1.82) is 0 Å². The second-order valence-electron chi connectivity index (χ2n) is 8.26. The number of halogens is 1. The topological polar surface area (TPSA) is 18.5 Å². The Labute approximate surface area is 201 Å². The van der Waals surface area contributed by atoms with Crippen LogP contribution in [0.25, 0.3) is 21.9 Å². The van der Waals surface area contributed by atoms with Crippen LogP contribution in [0.5, 0.6) is 11.5 Å². The fourth-order valence-electron chi connectivity index (χ4n) is 3.82.